The van der Waals surface area contributed by atoms with Gasteiger partial charge in [-0.25, -0.2) is 8.42 Å². The summed E-state index contributed by atoms with van der Waals surface area (Å²) in [7, 11) is 4.25. The number of hydrogen-bond acceptors (Lipinski definition) is 5. The van der Waals surface area contributed by atoms with Crippen LogP contribution in [-0.2, 0) is 13.8 Å². The predicted molar refractivity (Wildman–Crippen MR) is 79.4 cm³/mol. The second kappa shape index (κ2) is 7.63. The van der Waals surface area contributed by atoms with Crippen LogP contribution in [0.15, 0.2) is 23.1 Å². The Hall–Kier alpha value is -1.31. The summed E-state index contributed by atoms with van der Waals surface area (Å²) < 4.78 is 32.8. The maximum atomic E-state index is 12.0. The van der Waals surface area contributed by atoms with E-state index >= 15 is 0 Å². The summed E-state index contributed by atoms with van der Waals surface area (Å²) in [5.41, 5.74) is 0.194. The number of hydrogen-bond donors (Lipinski definition) is 1. The van der Waals surface area contributed by atoms with Crippen LogP contribution >= 0.6 is 10.7 Å². The van der Waals surface area contributed by atoms with Gasteiger partial charge in [0, 0.05) is 29.9 Å². The maximum absolute atomic E-state index is 12.0. The van der Waals surface area contributed by atoms with Crippen molar-refractivity contribution in [3.8, 4) is 5.75 Å². The van der Waals surface area contributed by atoms with E-state index in [0.717, 1.165) is 0 Å². The highest BCUT2D eigenvalue weighted by Crippen LogP contribution is 2.27. The van der Waals surface area contributed by atoms with Crippen LogP contribution < -0.4 is 10.1 Å². The molecule has 8 heteroatoms. The molecule has 118 valence electrons. The second-order valence-corrected chi connectivity index (χ2v) is 7.11. The highest BCUT2D eigenvalue weighted by atomic mass is 35.7. The Morgan fingerprint density at radius 3 is 2.57 bits per heavy atom. The van der Waals surface area contributed by atoms with Gasteiger partial charge in [0.25, 0.3) is 15.0 Å². The summed E-state index contributed by atoms with van der Waals surface area (Å²) in [6.45, 7) is 2.86. The fraction of sp³-hybridized carbons (Fsp3) is 0.462. The first-order valence-corrected chi connectivity index (χ1v) is 8.50. The topological polar surface area (TPSA) is 81.7 Å². The molecule has 0 spiro atoms. The van der Waals surface area contributed by atoms with Gasteiger partial charge in [0.15, 0.2) is 0 Å². The van der Waals surface area contributed by atoms with Crippen molar-refractivity contribution in [1.29, 1.82) is 0 Å². The van der Waals surface area contributed by atoms with Crippen molar-refractivity contribution in [2.75, 3.05) is 27.4 Å². The molecule has 1 aromatic rings. The monoisotopic (exact) mass is 335 g/mol. The number of carbonyl (C=O) groups excluding carboxylic acids is 1. The van der Waals surface area contributed by atoms with Crippen molar-refractivity contribution in [2.45, 2.75) is 11.8 Å². The average molecular weight is 336 g/mol. The summed E-state index contributed by atoms with van der Waals surface area (Å²) >= 11 is 0. The van der Waals surface area contributed by atoms with Gasteiger partial charge in [0.05, 0.1) is 13.7 Å². The van der Waals surface area contributed by atoms with Crippen molar-refractivity contribution in [3.05, 3.63) is 23.8 Å². The quantitative estimate of drug-likeness (QED) is 0.766. The van der Waals surface area contributed by atoms with Gasteiger partial charge >= 0.3 is 0 Å². The van der Waals surface area contributed by atoms with E-state index in [2.05, 4.69) is 5.32 Å². The van der Waals surface area contributed by atoms with Crippen LogP contribution in [-0.4, -0.2) is 41.7 Å². The Bertz CT molecular complexity index is 603. The molecule has 0 bridgehead atoms. The SMILES string of the molecule is COCC(C)CNC(=O)c1ccc(OC)c(S(=O)(=O)Cl)c1. The van der Waals surface area contributed by atoms with Crippen LogP contribution in [0.1, 0.15) is 17.3 Å². The summed E-state index contributed by atoms with van der Waals surface area (Å²) in [4.78, 5) is 11.8. The van der Waals surface area contributed by atoms with Gasteiger partial charge in [0.1, 0.15) is 10.6 Å². The third-order valence-electron chi connectivity index (χ3n) is 2.75. The molecule has 0 fully saturated rings. The molecule has 0 heterocycles. The highest BCUT2D eigenvalue weighted by Gasteiger charge is 2.19. The van der Waals surface area contributed by atoms with E-state index in [1.54, 1.807) is 7.11 Å². The van der Waals surface area contributed by atoms with E-state index in [1.807, 2.05) is 6.92 Å². The van der Waals surface area contributed by atoms with Gasteiger partial charge in [-0.2, -0.15) is 0 Å². The van der Waals surface area contributed by atoms with Crippen LogP contribution in [0.4, 0.5) is 0 Å². The largest absolute Gasteiger partial charge is 0.495 e. The molecule has 0 radical (unpaired) electrons. The lowest BCUT2D eigenvalue weighted by Gasteiger charge is -2.12. The lowest BCUT2D eigenvalue weighted by Crippen LogP contribution is -2.30. The first-order chi connectivity index (χ1) is 9.79. The molecular formula is C13H18ClNO5S. The molecule has 0 aliphatic rings. The van der Waals surface area contributed by atoms with Crippen molar-refractivity contribution in [3.63, 3.8) is 0 Å². The Labute approximate surface area is 128 Å². The normalized spacial score (nSPS) is 12.8. The Morgan fingerprint density at radius 1 is 1.38 bits per heavy atom. The van der Waals surface area contributed by atoms with Crippen LogP contribution in [0.2, 0.25) is 0 Å². The molecular weight excluding hydrogens is 318 g/mol. The molecule has 1 amide bonds. The second-order valence-electron chi connectivity index (χ2n) is 4.57. The molecule has 1 N–H and O–H groups in total. The van der Waals surface area contributed by atoms with E-state index in [4.69, 9.17) is 20.2 Å². The van der Waals surface area contributed by atoms with Gasteiger partial charge in [0.2, 0.25) is 0 Å². The number of ether oxygens (including phenoxy) is 2. The lowest BCUT2D eigenvalue weighted by molar-refractivity contribution is 0.0934. The number of halogens is 1. The lowest BCUT2D eigenvalue weighted by atomic mass is 10.1. The minimum Gasteiger partial charge on any atom is -0.495 e. The third kappa shape index (κ3) is 5.18. The molecule has 1 unspecified atom stereocenters. The van der Waals surface area contributed by atoms with Crippen LogP contribution in [0, 0.1) is 5.92 Å². The van der Waals surface area contributed by atoms with Gasteiger partial charge in [-0.05, 0) is 24.1 Å². The number of benzene rings is 1. The minimum absolute atomic E-state index is 0.0919. The van der Waals surface area contributed by atoms with E-state index in [1.165, 1.54) is 25.3 Å². The van der Waals surface area contributed by atoms with Gasteiger partial charge in [-0.15, -0.1) is 0 Å². The maximum Gasteiger partial charge on any atom is 0.265 e. The smallest absolute Gasteiger partial charge is 0.265 e. The van der Waals surface area contributed by atoms with Crippen LogP contribution in [0.25, 0.3) is 0 Å². The third-order valence-corrected chi connectivity index (χ3v) is 4.09. The number of methoxy groups -OCH3 is 2. The van der Waals surface area contributed by atoms with Gasteiger partial charge in [-0.1, -0.05) is 6.92 Å². The van der Waals surface area contributed by atoms with Crippen molar-refractivity contribution < 1.29 is 22.7 Å². The van der Waals surface area contributed by atoms with Crippen LogP contribution in [0.5, 0.6) is 5.75 Å². The minimum atomic E-state index is -3.99. The number of rotatable bonds is 7. The van der Waals surface area contributed by atoms with Crippen molar-refractivity contribution in [1.82, 2.24) is 5.32 Å². The molecule has 1 aromatic carbocycles. The zero-order valence-electron chi connectivity index (χ0n) is 12.1. The molecule has 0 saturated heterocycles. The first kappa shape index (κ1) is 17.7. The van der Waals surface area contributed by atoms with E-state index in [0.29, 0.717) is 13.2 Å². The van der Waals surface area contributed by atoms with Crippen molar-refractivity contribution >= 4 is 25.6 Å². The Morgan fingerprint density at radius 2 is 2.05 bits per heavy atom. The standard InChI is InChI=1S/C13H18ClNO5S/c1-9(8-19-2)7-15-13(16)10-4-5-11(20-3)12(6-10)21(14,17)18/h4-6,9H,7-8H2,1-3H3,(H,15,16). The number of nitrogens with one attached hydrogen (secondary N) is 1. The summed E-state index contributed by atoms with van der Waals surface area (Å²) in [6, 6.07) is 4.06. The molecule has 0 aromatic heterocycles. The van der Waals surface area contributed by atoms with E-state index in [-0.39, 0.29) is 28.0 Å². The molecule has 21 heavy (non-hydrogen) atoms. The number of carbonyl (C=O) groups is 1. The fourth-order valence-corrected chi connectivity index (χ4v) is 2.74. The van der Waals surface area contributed by atoms with Gasteiger partial charge < -0.3 is 14.8 Å². The zero-order valence-corrected chi connectivity index (χ0v) is 13.6. The van der Waals surface area contributed by atoms with Crippen LogP contribution in [0.3, 0.4) is 0 Å². The Balaban J connectivity index is 2.91. The van der Waals surface area contributed by atoms with Gasteiger partial charge in [-0.3, -0.25) is 4.79 Å². The first-order valence-electron chi connectivity index (χ1n) is 6.19. The Kier molecular flexibility index (Phi) is 6.44. The summed E-state index contributed by atoms with van der Waals surface area (Å²) in [6.07, 6.45) is 0. The molecule has 1 rings (SSSR count). The van der Waals surface area contributed by atoms with E-state index in [9.17, 15) is 13.2 Å². The average Bonchev–Trinajstić information content (AvgIpc) is 2.43. The molecule has 0 aliphatic carbocycles. The molecule has 0 aliphatic heterocycles. The summed E-state index contributed by atoms with van der Waals surface area (Å²) in [5, 5.41) is 2.70. The van der Waals surface area contributed by atoms with E-state index < -0.39 is 9.05 Å². The molecule has 0 saturated carbocycles. The highest BCUT2D eigenvalue weighted by molar-refractivity contribution is 8.13. The summed E-state index contributed by atoms with van der Waals surface area (Å²) in [5.74, 6) is -0.148. The fourth-order valence-electron chi connectivity index (χ4n) is 1.72. The predicted octanol–water partition coefficient (Wildman–Crippen LogP) is 1.64. The molecule has 1 atom stereocenters. The van der Waals surface area contributed by atoms with Crippen molar-refractivity contribution in [2.24, 2.45) is 5.92 Å². The zero-order chi connectivity index (χ0) is 16.0. The molecule has 6 nitrogen and oxygen atoms in total. The number of amides is 1.